The van der Waals surface area contributed by atoms with E-state index in [-0.39, 0.29) is 18.1 Å². The van der Waals surface area contributed by atoms with E-state index in [0.717, 1.165) is 42.8 Å². The standard InChI is InChI=1S/C18H23N3O3/c1-12-11-17(18(23)19-13-3-7-15(22)8-4-13)20-21(12)14-5-9-16(24-2)10-6-14/h5-6,9-11,13,15,22H,3-4,7-8H2,1-2H3,(H,19,23). The third-order valence-electron chi connectivity index (χ3n) is 4.47. The number of methoxy groups -OCH3 is 1. The Balaban J connectivity index is 1.71. The minimum absolute atomic E-state index is 0.118. The zero-order chi connectivity index (χ0) is 17.1. The molecule has 0 unspecified atom stereocenters. The Morgan fingerprint density at radius 2 is 1.92 bits per heavy atom. The number of aromatic nitrogens is 2. The number of hydrogen-bond acceptors (Lipinski definition) is 4. The summed E-state index contributed by atoms with van der Waals surface area (Å²) >= 11 is 0. The summed E-state index contributed by atoms with van der Waals surface area (Å²) in [5.74, 6) is 0.618. The number of amides is 1. The molecule has 128 valence electrons. The maximum Gasteiger partial charge on any atom is 0.272 e. The average molecular weight is 329 g/mol. The van der Waals surface area contributed by atoms with E-state index < -0.39 is 0 Å². The van der Waals surface area contributed by atoms with Crippen LogP contribution in [-0.2, 0) is 0 Å². The summed E-state index contributed by atoms with van der Waals surface area (Å²) in [5, 5.41) is 17.0. The predicted octanol–water partition coefficient (Wildman–Crippen LogP) is 2.22. The van der Waals surface area contributed by atoms with Gasteiger partial charge in [0.1, 0.15) is 5.75 Å². The van der Waals surface area contributed by atoms with Crippen molar-refractivity contribution in [3.63, 3.8) is 0 Å². The Labute approximate surface area is 141 Å². The van der Waals surface area contributed by atoms with Crippen LogP contribution in [0.3, 0.4) is 0 Å². The zero-order valence-corrected chi connectivity index (χ0v) is 14.0. The van der Waals surface area contributed by atoms with Crippen molar-refractivity contribution in [2.24, 2.45) is 0 Å². The Morgan fingerprint density at radius 1 is 1.25 bits per heavy atom. The molecule has 0 spiro atoms. The molecule has 1 fully saturated rings. The molecule has 1 aromatic heterocycles. The van der Waals surface area contributed by atoms with Crippen molar-refractivity contribution in [3.05, 3.63) is 41.7 Å². The van der Waals surface area contributed by atoms with Gasteiger partial charge >= 0.3 is 0 Å². The molecule has 0 bridgehead atoms. The van der Waals surface area contributed by atoms with E-state index in [1.54, 1.807) is 17.9 Å². The first-order valence-corrected chi connectivity index (χ1v) is 8.27. The van der Waals surface area contributed by atoms with E-state index in [2.05, 4.69) is 10.4 Å². The second-order valence-corrected chi connectivity index (χ2v) is 6.26. The van der Waals surface area contributed by atoms with E-state index >= 15 is 0 Å². The molecule has 2 aromatic rings. The summed E-state index contributed by atoms with van der Waals surface area (Å²) in [7, 11) is 1.63. The number of rotatable bonds is 4. The summed E-state index contributed by atoms with van der Waals surface area (Å²) in [6.45, 7) is 1.92. The summed E-state index contributed by atoms with van der Waals surface area (Å²) in [6, 6.07) is 9.45. The van der Waals surface area contributed by atoms with Gasteiger partial charge in [0.25, 0.3) is 5.91 Å². The smallest absolute Gasteiger partial charge is 0.272 e. The molecule has 0 atom stereocenters. The zero-order valence-electron chi connectivity index (χ0n) is 14.0. The summed E-state index contributed by atoms with van der Waals surface area (Å²) in [5.41, 5.74) is 2.19. The van der Waals surface area contributed by atoms with Gasteiger partial charge in [-0.2, -0.15) is 5.10 Å². The molecule has 1 heterocycles. The fourth-order valence-corrected chi connectivity index (χ4v) is 3.05. The number of nitrogens with one attached hydrogen (secondary N) is 1. The molecule has 2 N–H and O–H groups in total. The number of benzene rings is 1. The maximum atomic E-state index is 12.4. The number of ether oxygens (including phenoxy) is 1. The van der Waals surface area contributed by atoms with Gasteiger partial charge in [-0.15, -0.1) is 0 Å². The number of aliphatic hydroxyl groups excluding tert-OH is 1. The SMILES string of the molecule is COc1ccc(-n2nc(C(=O)NC3CCC(O)CC3)cc2C)cc1. The molecule has 1 saturated carbocycles. The van der Waals surface area contributed by atoms with Gasteiger partial charge in [0.2, 0.25) is 0 Å². The van der Waals surface area contributed by atoms with E-state index in [1.165, 1.54) is 0 Å². The van der Waals surface area contributed by atoms with Crippen LogP contribution in [0.15, 0.2) is 30.3 Å². The molecule has 1 amide bonds. The van der Waals surface area contributed by atoms with E-state index in [0.29, 0.717) is 5.69 Å². The second-order valence-electron chi connectivity index (χ2n) is 6.26. The van der Waals surface area contributed by atoms with Crippen LogP contribution in [-0.4, -0.2) is 40.0 Å². The molecule has 24 heavy (non-hydrogen) atoms. The number of carbonyl (C=O) groups is 1. The minimum atomic E-state index is -0.227. The third kappa shape index (κ3) is 3.59. The first-order chi connectivity index (χ1) is 11.6. The van der Waals surface area contributed by atoms with Crippen molar-refractivity contribution in [1.82, 2.24) is 15.1 Å². The Morgan fingerprint density at radius 3 is 2.54 bits per heavy atom. The van der Waals surface area contributed by atoms with Crippen LogP contribution in [0.5, 0.6) is 5.75 Å². The van der Waals surface area contributed by atoms with Crippen LogP contribution < -0.4 is 10.1 Å². The van der Waals surface area contributed by atoms with Crippen molar-refractivity contribution >= 4 is 5.91 Å². The highest BCUT2D eigenvalue weighted by Crippen LogP contribution is 2.20. The minimum Gasteiger partial charge on any atom is -0.497 e. The monoisotopic (exact) mass is 329 g/mol. The number of aliphatic hydroxyl groups is 1. The van der Waals surface area contributed by atoms with Crippen molar-refractivity contribution < 1.29 is 14.6 Å². The Kier molecular flexibility index (Phi) is 4.85. The Bertz CT molecular complexity index is 701. The van der Waals surface area contributed by atoms with Gasteiger partial charge in [-0.05, 0) is 62.9 Å². The summed E-state index contributed by atoms with van der Waals surface area (Å²) in [4.78, 5) is 12.4. The molecule has 1 aliphatic rings. The van der Waals surface area contributed by atoms with E-state index in [1.807, 2.05) is 31.2 Å². The molecule has 1 aromatic carbocycles. The van der Waals surface area contributed by atoms with E-state index in [4.69, 9.17) is 4.74 Å². The maximum absolute atomic E-state index is 12.4. The van der Waals surface area contributed by atoms with Gasteiger partial charge < -0.3 is 15.2 Å². The molecule has 0 aliphatic heterocycles. The highest BCUT2D eigenvalue weighted by molar-refractivity contribution is 5.92. The number of nitrogens with zero attached hydrogens (tertiary/aromatic N) is 2. The molecule has 0 saturated heterocycles. The van der Waals surface area contributed by atoms with Crippen LogP contribution in [0.4, 0.5) is 0 Å². The quantitative estimate of drug-likeness (QED) is 0.902. The highest BCUT2D eigenvalue weighted by Gasteiger charge is 2.22. The van der Waals surface area contributed by atoms with Gasteiger partial charge in [-0.25, -0.2) is 4.68 Å². The van der Waals surface area contributed by atoms with Crippen molar-refractivity contribution in [3.8, 4) is 11.4 Å². The van der Waals surface area contributed by atoms with Crippen LogP contribution in [0.25, 0.3) is 5.69 Å². The van der Waals surface area contributed by atoms with Gasteiger partial charge in [0.15, 0.2) is 5.69 Å². The van der Waals surface area contributed by atoms with Gasteiger partial charge in [0, 0.05) is 11.7 Å². The highest BCUT2D eigenvalue weighted by atomic mass is 16.5. The molecule has 1 aliphatic carbocycles. The first-order valence-electron chi connectivity index (χ1n) is 8.27. The van der Waals surface area contributed by atoms with Gasteiger partial charge in [-0.3, -0.25) is 4.79 Å². The fraction of sp³-hybridized carbons (Fsp3) is 0.444. The van der Waals surface area contributed by atoms with Crippen LogP contribution in [0.1, 0.15) is 41.9 Å². The lowest BCUT2D eigenvalue weighted by atomic mass is 9.93. The summed E-state index contributed by atoms with van der Waals surface area (Å²) < 4.78 is 6.91. The number of hydrogen-bond donors (Lipinski definition) is 2. The lowest BCUT2D eigenvalue weighted by Gasteiger charge is -2.25. The molecule has 3 rings (SSSR count). The third-order valence-corrected chi connectivity index (χ3v) is 4.47. The van der Waals surface area contributed by atoms with Crippen LogP contribution in [0, 0.1) is 6.92 Å². The second kappa shape index (κ2) is 7.05. The average Bonchev–Trinajstić information content (AvgIpc) is 2.99. The summed E-state index contributed by atoms with van der Waals surface area (Å²) in [6.07, 6.45) is 2.87. The largest absolute Gasteiger partial charge is 0.497 e. The molecule has 0 radical (unpaired) electrons. The molecule has 6 nitrogen and oxygen atoms in total. The normalized spacial score (nSPS) is 20.6. The Hall–Kier alpha value is -2.34. The van der Waals surface area contributed by atoms with Crippen LogP contribution in [0.2, 0.25) is 0 Å². The molecule has 6 heteroatoms. The van der Waals surface area contributed by atoms with Crippen molar-refractivity contribution in [1.29, 1.82) is 0 Å². The van der Waals surface area contributed by atoms with E-state index in [9.17, 15) is 9.90 Å². The van der Waals surface area contributed by atoms with Gasteiger partial charge in [-0.1, -0.05) is 0 Å². The number of aryl methyl sites for hydroxylation is 1. The predicted molar refractivity (Wildman–Crippen MR) is 90.6 cm³/mol. The molecular formula is C18H23N3O3. The van der Waals surface area contributed by atoms with Gasteiger partial charge in [0.05, 0.1) is 18.9 Å². The first kappa shape index (κ1) is 16.5. The van der Waals surface area contributed by atoms with Crippen LogP contribution >= 0.6 is 0 Å². The number of carbonyl (C=O) groups excluding carboxylic acids is 1. The van der Waals surface area contributed by atoms with Crippen molar-refractivity contribution in [2.75, 3.05) is 7.11 Å². The molecular weight excluding hydrogens is 306 g/mol. The lowest BCUT2D eigenvalue weighted by molar-refractivity contribution is 0.0863. The lowest BCUT2D eigenvalue weighted by Crippen LogP contribution is -2.38. The van der Waals surface area contributed by atoms with Crippen molar-refractivity contribution in [2.45, 2.75) is 44.8 Å². The topological polar surface area (TPSA) is 76.4 Å². The fourth-order valence-electron chi connectivity index (χ4n) is 3.05.